The summed E-state index contributed by atoms with van der Waals surface area (Å²) in [5, 5.41) is 29.3. The average molecular weight is 859 g/mol. The minimum atomic E-state index is -0.605. The summed E-state index contributed by atoms with van der Waals surface area (Å²) in [6.07, 6.45) is 1.72. The van der Waals surface area contributed by atoms with Gasteiger partial charge in [0.05, 0.1) is 16.8 Å². The number of carbonyl (C=O) groups is 2. The van der Waals surface area contributed by atoms with E-state index >= 15 is 0 Å². The number of benzene rings is 2. The van der Waals surface area contributed by atoms with E-state index in [4.69, 9.17) is 18.9 Å². The fraction of sp³-hybridized carbons (Fsp3) is 0.451. The molecular formula is C51H66N6O6. The van der Waals surface area contributed by atoms with E-state index in [1.54, 1.807) is 4.68 Å². The number of nitrogens with zero attached hydrogens (tertiary/aromatic N) is 6. The third kappa shape index (κ3) is 12.6. The second kappa shape index (κ2) is 21.6. The van der Waals surface area contributed by atoms with Crippen LogP contribution in [0.15, 0.2) is 61.2 Å². The van der Waals surface area contributed by atoms with Crippen LogP contribution in [-0.2, 0) is 52.5 Å². The average Bonchev–Trinajstić information content (AvgIpc) is 3.70. The molecule has 0 aliphatic carbocycles. The molecule has 2 heterocycles. The van der Waals surface area contributed by atoms with E-state index in [2.05, 4.69) is 70.5 Å². The van der Waals surface area contributed by atoms with Gasteiger partial charge in [0.25, 0.3) is 0 Å². The maximum Gasteiger partial charge on any atom is 0.333 e. The molecule has 4 aromatic rings. The first-order valence-corrected chi connectivity index (χ1v) is 21.3. The van der Waals surface area contributed by atoms with E-state index in [9.17, 15) is 20.1 Å². The van der Waals surface area contributed by atoms with Gasteiger partial charge in [-0.15, -0.1) is 0 Å². The molecule has 0 bridgehead atoms. The first-order chi connectivity index (χ1) is 29.5. The Morgan fingerprint density at radius 2 is 1.00 bits per heavy atom. The topological polar surface area (TPSA) is 154 Å². The second-order valence-electron chi connectivity index (χ2n) is 17.9. The Morgan fingerprint density at radius 3 is 1.30 bits per heavy atom. The molecule has 4 rings (SSSR count). The third-order valence-corrected chi connectivity index (χ3v) is 11.0. The summed E-state index contributed by atoms with van der Waals surface area (Å²) < 4.78 is 25.9. The smallest absolute Gasteiger partial charge is 0.333 e. The molecule has 2 aromatic heterocycles. The van der Waals surface area contributed by atoms with Crippen molar-refractivity contribution in [1.82, 2.24) is 19.6 Å². The number of esters is 2. The van der Waals surface area contributed by atoms with Gasteiger partial charge < -0.3 is 18.9 Å². The van der Waals surface area contributed by atoms with Crippen molar-refractivity contribution in [3.63, 3.8) is 0 Å². The Balaban J connectivity index is 0.000000337. The standard InChI is InChI=1S/C27H37N3O3.C24H29N3O3/c1-10-27(8,9)25(31)33-17-32-24(23-18(3)19(4)29-30(23)11-2)22(16-28)20-12-14-21(15-13-20)26(5,6)7;1-8-21(28)29-15-30-23(22-16(3)17(4)26-27(22)9-2)20(14-25)18-10-12-19(13-11-18)24(5,6)7/h12-15H,10-11,17H2,1-9H3;8,10-13H,1,9,15H2,2-7H3/b24-22-;23-20-. The highest BCUT2D eigenvalue weighted by molar-refractivity contribution is 5.95. The van der Waals surface area contributed by atoms with E-state index < -0.39 is 11.4 Å². The summed E-state index contributed by atoms with van der Waals surface area (Å²) in [7, 11) is 0. The largest absolute Gasteiger partial charge is 0.454 e. The molecule has 12 nitrogen and oxygen atoms in total. The second-order valence-corrected chi connectivity index (χ2v) is 17.9. The van der Waals surface area contributed by atoms with Gasteiger partial charge in [0.2, 0.25) is 13.6 Å². The van der Waals surface area contributed by atoms with Gasteiger partial charge in [-0.3, -0.25) is 14.2 Å². The van der Waals surface area contributed by atoms with E-state index in [-0.39, 0.29) is 30.4 Å². The zero-order valence-electron chi connectivity index (χ0n) is 40.1. The fourth-order valence-corrected chi connectivity index (χ4v) is 6.35. The maximum absolute atomic E-state index is 12.4. The number of nitriles is 2. The van der Waals surface area contributed by atoms with Gasteiger partial charge >= 0.3 is 11.9 Å². The lowest BCUT2D eigenvalue weighted by Gasteiger charge is -2.22. The number of aromatic nitrogens is 4. The first-order valence-electron chi connectivity index (χ1n) is 21.3. The molecule has 0 fully saturated rings. The number of allylic oxidation sites excluding steroid dienone is 2. The normalized spacial score (nSPS) is 12.4. The van der Waals surface area contributed by atoms with Crippen LogP contribution in [0.4, 0.5) is 0 Å². The van der Waals surface area contributed by atoms with Gasteiger partial charge in [-0.1, -0.05) is 104 Å². The van der Waals surface area contributed by atoms with Gasteiger partial charge in [0, 0.05) is 30.3 Å². The van der Waals surface area contributed by atoms with Crippen LogP contribution in [0.2, 0.25) is 0 Å². The van der Waals surface area contributed by atoms with Crippen molar-refractivity contribution in [3.05, 3.63) is 117 Å². The lowest BCUT2D eigenvalue weighted by atomic mass is 9.86. The van der Waals surface area contributed by atoms with Crippen molar-refractivity contribution in [2.75, 3.05) is 13.6 Å². The lowest BCUT2D eigenvalue weighted by Crippen LogP contribution is -2.26. The Morgan fingerprint density at radius 1 is 0.635 bits per heavy atom. The molecule has 12 heteroatoms. The zero-order valence-corrected chi connectivity index (χ0v) is 40.1. The summed E-state index contributed by atoms with van der Waals surface area (Å²) in [4.78, 5) is 23.9. The minimum absolute atomic E-state index is 0.00179. The van der Waals surface area contributed by atoms with Crippen LogP contribution < -0.4 is 0 Å². The SMILES string of the molecule is C=CC(=O)OCO/C(=C(/C#N)c1ccc(C(C)(C)C)cc1)c1c(C)c(C)nn1CC.CCn1nc(C)c(C)c1/C(OCOC(=O)C(C)(C)CC)=C(\C#N)c1ccc(C(C)(C)C)cc1. The van der Waals surface area contributed by atoms with Crippen molar-refractivity contribution in [1.29, 1.82) is 10.5 Å². The van der Waals surface area contributed by atoms with Crippen LogP contribution in [0.5, 0.6) is 0 Å². The highest BCUT2D eigenvalue weighted by atomic mass is 16.7. The molecule has 0 spiro atoms. The summed E-state index contributed by atoms with van der Waals surface area (Å²) in [5.74, 6) is -0.241. The molecular weight excluding hydrogens is 793 g/mol. The molecule has 0 unspecified atom stereocenters. The van der Waals surface area contributed by atoms with Gasteiger partial charge in [-0.2, -0.15) is 20.7 Å². The molecule has 0 saturated carbocycles. The summed E-state index contributed by atoms with van der Waals surface area (Å²) in [6.45, 7) is 34.1. The van der Waals surface area contributed by atoms with Gasteiger partial charge in [-0.05, 0) is 94.9 Å². The highest BCUT2D eigenvalue weighted by Gasteiger charge is 2.29. The summed E-state index contributed by atoms with van der Waals surface area (Å²) in [6, 6.07) is 20.4. The van der Waals surface area contributed by atoms with Crippen molar-refractivity contribution in [3.8, 4) is 12.1 Å². The third-order valence-electron chi connectivity index (χ3n) is 11.0. The molecule has 0 saturated heterocycles. The number of ether oxygens (including phenoxy) is 4. The Kier molecular flexibility index (Phi) is 17.5. The number of aryl methyl sites for hydroxylation is 4. The Labute approximate surface area is 374 Å². The van der Waals surface area contributed by atoms with Gasteiger partial charge in [-0.25, -0.2) is 4.79 Å². The van der Waals surface area contributed by atoms with Crippen LogP contribution in [0.25, 0.3) is 22.7 Å². The first kappa shape index (κ1) is 51.0. The van der Waals surface area contributed by atoms with Gasteiger partial charge in [0.1, 0.15) is 34.7 Å². The predicted octanol–water partition coefficient (Wildman–Crippen LogP) is 11.1. The monoisotopic (exact) mass is 859 g/mol. The van der Waals surface area contributed by atoms with Crippen LogP contribution in [0, 0.1) is 55.8 Å². The maximum atomic E-state index is 12.4. The Bertz CT molecular complexity index is 2400. The fourth-order valence-electron chi connectivity index (χ4n) is 6.35. The van der Waals surface area contributed by atoms with Gasteiger partial charge in [0.15, 0.2) is 11.5 Å². The molecule has 0 aliphatic heterocycles. The van der Waals surface area contributed by atoms with Crippen LogP contribution >= 0.6 is 0 Å². The molecule has 0 atom stereocenters. The van der Waals surface area contributed by atoms with Crippen LogP contribution in [0.1, 0.15) is 139 Å². The summed E-state index contributed by atoms with van der Waals surface area (Å²) >= 11 is 0. The number of carbonyl (C=O) groups excluding carboxylic acids is 2. The molecule has 0 radical (unpaired) electrons. The van der Waals surface area contributed by atoms with Crippen molar-refractivity contribution >= 4 is 34.6 Å². The number of hydrogen-bond donors (Lipinski definition) is 0. The molecule has 0 amide bonds. The van der Waals surface area contributed by atoms with E-state index in [1.807, 2.05) is 116 Å². The molecule has 336 valence electrons. The van der Waals surface area contributed by atoms with Crippen LogP contribution in [0.3, 0.4) is 0 Å². The molecule has 0 N–H and O–H groups in total. The highest BCUT2D eigenvalue weighted by Crippen LogP contribution is 2.34. The van der Waals surface area contributed by atoms with Crippen molar-refractivity contribution < 1.29 is 28.5 Å². The van der Waals surface area contributed by atoms with E-state index in [0.29, 0.717) is 47.9 Å². The lowest BCUT2D eigenvalue weighted by molar-refractivity contribution is -0.162. The van der Waals surface area contributed by atoms with E-state index in [1.165, 1.54) is 5.56 Å². The van der Waals surface area contributed by atoms with Crippen molar-refractivity contribution in [2.45, 2.75) is 134 Å². The summed E-state index contributed by atoms with van der Waals surface area (Å²) in [5.41, 5.74) is 8.86. The van der Waals surface area contributed by atoms with E-state index in [0.717, 1.165) is 51.0 Å². The molecule has 0 aliphatic rings. The molecule has 2 aromatic carbocycles. The van der Waals surface area contributed by atoms with Crippen LogP contribution in [-0.4, -0.2) is 45.1 Å². The molecule has 63 heavy (non-hydrogen) atoms. The Hall–Kier alpha value is -6.40. The van der Waals surface area contributed by atoms with Crippen molar-refractivity contribution in [2.24, 2.45) is 5.41 Å². The zero-order chi connectivity index (χ0) is 47.4. The quantitative estimate of drug-likeness (QED) is 0.0371. The minimum Gasteiger partial charge on any atom is -0.454 e. The number of hydrogen-bond acceptors (Lipinski definition) is 10. The predicted molar refractivity (Wildman–Crippen MR) is 248 cm³/mol. The number of rotatable bonds is 15.